The van der Waals surface area contributed by atoms with E-state index >= 15 is 0 Å². The van der Waals surface area contributed by atoms with Gasteiger partial charge in [0.1, 0.15) is 0 Å². The van der Waals surface area contributed by atoms with E-state index in [1.807, 2.05) is 5.09 Å². The molecule has 7 heteroatoms. The van der Waals surface area contributed by atoms with E-state index in [9.17, 15) is 9.36 Å². The molecule has 0 radical (unpaired) electrons. The number of hydrogen-bond donors (Lipinski definition) is 1. The molecule has 1 rings (SSSR count). The summed E-state index contributed by atoms with van der Waals surface area (Å²) in [7, 11) is 0. The van der Waals surface area contributed by atoms with Crippen molar-refractivity contribution in [2.75, 3.05) is 0 Å². The first-order valence-corrected chi connectivity index (χ1v) is 7.35. The molecular formula is C7H5Cl3NO2P. The van der Waals surface area contributed by atoms with E-state index in [1.54, 1.807) is 0 Å². The van der Waals surface area contributed by atoms with Gasteiger partial charge in [0, 0.05) is 10.6 Å². The Morgan fingerprint density at radius 2 is 1.71 bits per heavy atom. The van der Waals surface area contributed by atoms with Gasteiger partial charge in [0.05, 0.1) is 0 Å². The van der Waals surface area contributed by atoms with Crippen molar-refractivity contribution < 1.29 is 9.36 Å². The molecule has 1 amide bonds. The highest BCUT2D eigenvalue weighted by Crippen LogP contribution is 2.52. The highest BCUT2D eigenvalue weighted by Gasteiger charge is 2.18. The zero-order valence-corrected chi connectivity index (χ0v) is 9.87. The summed E-state index contributed by atoms with van der Waals surface area (Å²) in [6.45, 7) is 0. The molecule has 1 N–H and O–H groups in total. The summed E-state index contributed by atoms with van der Waals surface area (Å²) in [6.07, 6.45) is 0. The van der Waals surface area contributed by atoms with Gasteiger partial charge in [-0.15, -0.1) is 0 Å². The Hall–Kier alpha value is -0.210. The Morgan fingerprint density at radius 3 is 2.14 bits per heavy atom. The summed E-state index contributed by atoms with van der Waals surface area (Å²) >= 11 is 16.0. The van der Waals surface area contributed by atoms with Gasteiger partial charge >= 0.3 is 6.00 Å². The summed E-state index contributed by atoms with van der Waals surface area (Å²) in [6, 6.07) is 6.01. The normalized spacial score (nSPS) is 11.1. The van der Waals surface area contributed by atoms with Crippen LogP contribution in [0, 0.1) is 0 Å². The molecule has 0 spiro atoms. The van der Waals surface area contributed by atoms with Gasteiger partial charge in [-0.3, -0.25) is 14.4 Å². The second kappa shape index (κ2) is 4.54. The van der Waals surface area contributed by atoms with Gasteiger partial charge in [-0.05, 0) is 46.7 Å². The van der Waals surface area contributed by atoms with Crippen LogP contribution in [0.2, 0.25) is 5.02 Å². The number of nitrogens with one attached hydrogen (secondary N) is 1. The molecule has 0 aliphatic heterocycles. The van der Waals surface area contributed by atoms with Crippen molar-refractivity contribution in [3.8, 4) is 0 Å². The Morgan fingerprint density at radius 1 is 1.21 bits per heavy atom. The Labute approximate surface area is 95.3 Å². The van der Waals surface area contributed by atoms with Gasteiger partial charge in [-0.25, -0.2) is 0 Å². The predicted octanol–water partition coefficient (Wildman–Crippen LogP) is 3.66. The van der Waals surface area contributed by atoms with Crippen LogP contribution in [-0.4, -0.2) is 5.91 Å². The van der Waals surface area contributed by atoms with Gasteiger partial charge in [0.25, 0.3) is 5.91 Å². The Kier molecular flexibility index (Phi) is 3.85. The first kappa shape index (κ1) is 11.9. The highest BCUT2D eigenvalue weighted by molar-refractivity contribution is 8.07. The van der Waals surface area contributed by atoms with Crippen molar-refractivity contribution >= 4 is 46.0 Å². The molecule has 0 unspecified atom stereocenters. The van der Waals surface area contributed by atoms with E-state index in [2.05, 4.69) is 0 Å². The average molecular weight is 272 g/mol. The van der Waals surface area contributed by atoms with Gasteiger partial charge < -0.3 is 0 Å². The smallest absolute Gasteiger partial charge is 0.279 e. The quantitative estimate of drug-likeness (QED) is 0.835. The topological polar surface area (TPSA) is 46.2 Å². The first-order chi connectivity index (χ1) is 6.38. The molecule has 76 valence electrons. The highest BCUT2D eigenvalue weighted by atomic mass is 35.9. The molecule has 0 aromatic heterocycles. The number of rotatable bonds is 2. The number of carbonyl (C=O) groups is 1. The van der Waals surface area contributed by atoms with Crippen molar-refractivity contribution in [2.45, 2.75) is 0 Å². The number of amides is 1. The van der Waals surface area contributed by atoms with Crippen LogP contribution in [0.4, 0.5) is 0 Å². The van der Waals surface area contributed by atoms with Crippen molar-refractivity contribution in [1.29, 1.82) is 0 Å². The molecule has 0 atom stereocenters. The second-order valence-electron chi connectivity index (χ2n) is 2.41. The maximum absolute atomic E-state index is 11.3. The van der Waals surface area contributed by atoms with E-state index < -0.39 is 11.9 Å². The van der Waals surface area contributed by atoms with Crippen LogP contribution in [0.1, 0.15) is 10.4 Å². The maximum Gasteiger partial charge on any atom is 0.345 e. The minimum Gasteiger partial charge on any atom is -0.279 e. The van der Waals surface area contributed by atoms with Crippen LogP contribution in [0.5, 0.6) is 0 Å². The van der Waals surface area contributed by atoms with E-state index in [4.69, 9.17) is 34.1 Å². The van der Waals surface area contributed by atoms with Crippen LogP contribution in [0.15, 0.2) is 24.3 Å². The van der Waals surface area contributed by atoms with Gasteiger partial charge in [-0.2, -0.15) is 0 Å². The zero-order valence-electron chi connectivity index (χ0n) is 6.71. The van der Waals surface area contributed by atoms with E-state index in [-0.39, 0.29) is 5.56 Å². The van der Waals surface area contributed by atoms with Gasteiger partial charge in [0.2, 0.25) is 0 Å². The van der Waals surface area contributed by atoms with Crippen molar-refractivity contribution in [2.24, 2.45) is 0 Å². The molecule has 0 aliphatic rings. The van der Waals surface area contributed by atoms with E-state index in [0.717, 1.165) is 0 Å². The summed E-state index contributed by atoms with van der Waals surface area (Å²) in [4.78, 5) is 11.3. The fraction of sp³-hybridized carbons (Fsp3) is 0. The third-order valence-corrected chi connectivity index (χ3v) is 2.56. The van der Waals surface area contributed by atoms with Crippen molar-refractivity contribution in [3.05, 3.63) is 34.9 Å². The fourth-order valence-electron chi connectivity index (χ4n) is 0.784. The van der Waals surface area contributed by atoms with E-state index in [0.29, 0.717) is 5.02 Å². The zero-order chi connectivity index (χ0) is 10.8. The minimum atomic E-state index is -3.59. The number of carbonyl (C=O) groups excluding carboxylic acids is 1. The predicted molar refractivity (Wildman–Crippen MR) is 58.2 cm³/mol. The third-order valence-electron chi connectivity index (χ3n) is 1.34. The molecule has 1 aromatic rings. The molecule has 1 aromatic carbocycles. The lowest BCUT2D eigenvalue weighted by molar-refractivity contribution is 0.0982. The lowest BCUT2D eigenvalue weighted by atomic mass is 10.2. The number of halogens is 3. The molecule has 3 nitrogen and oxygen atoms in total. The summed E-state index contributed by atoms with van der Waals surface area (Å²) in [5, 5.41) is 2.46. The molecule has 14 heavy (non-hydrogen) atoms. The molecular weight excluding hydrogens is 267 g/mol. The van der Waals surface area contributed by atoms with Gasteiger partial charge in [0.15, 0.2) is 0 Å². The SMILES string of the molecule is O=C(NP(=O)(Cl)Cl)c1ccc(Cl)cc1. The molecule has 0 aliphatic carbocycles. The second-order valence-corrected chi connectivity index (χ2v) is 7.37. The maximum atomic E-state index is 11.3. The molecule has 0 saturated heterocycles. The monoisotopic (exact) mass is 271 g/mol. The summed E-state index contributed by atoms with van der Waals surface area (Å²) < 4.78 is 10.8. The number of hydrogen-bond acceptors (Lipinski definition) is 2. The van der Waals surface area contributed by atoms with Crippen LogP contribution in [-0.2, 0) is 4.57 Å². The van der Waals surface area contributed by atoms with Crippen LogP contribution >= 0.6 is 40.1 Å². The molecule has 0 fully saturated rings. The number of benzene rings is 1. The minimum absolute atomic E-state index is 0.288. The van der Waals surface area contributed by atoms with Crippen LogP contribution in [0.25, 0.3) is 0 Å². The van der Waals surface area contributed by atoms with E-state index in [1.165, 1.54) is 24.3 Å². The summed E-state index contributed by atoms with van der Waals surface area (Å²) in [5.41, 5.74) is 0.288. The summed E-state index contributed by atoms with van der Waals surface area (Å²) in [5.74, 6) is -4.19. The van der Waals surface area contributed by atoms with Gasteiger partial charge in [-0.1, -0.05) is 11.6 Å². The first-order valence-electron chi connectivity index (χ1n) is 3.46. The van der Waals surface area contributed by atoms with Crippen molar-refractivity contribution in [1.82, 2.24) is 5.09 Å². The third kappa shape index (κ3) is 3.89. The molecule has 0 bridgehead atoms. The lowest BCUT2D eigenvalue weighted by Crippen LogP contribution is -2.16. The molecule has 0 heterocycles. The standard InChI is InChI=1S/C7H5Cl3NO2P/c8-6-3-1-5(2-4-6)7(12)11-14(9,10)13/h1-4H,(H,11,12,13). The Balaban J connectivity index is 2.81. The van der Waals surface area contributed by atoms with Crippen LogP contribution < -0.4 is 5.09 Å². The largest absolute Gasteiger partial charge is 0.345 e. The average Bonchev–Trinajstić information content (AvgIpc) is 2.02. The van der Waals surface area contributed by atoms with Crippen LogP contribution in [0.3, 0.4) is 0 Å². The lowest BCUT2D eigenvalue weighted by Gasteiger charge is -2.04. The fourth-order valence-corrected chi connectivity index (χ4v) is 1.74. The Bertz CT molecular complexity index is 386. The van der Waals surface area contributed by atoms with Crippen molar-refractivity contribution in [3.63, 3.8) is 0 Å². The molecule has 0 saturated carbocycles.